The van der Waals surface area contributed by atoms with E-state index in [1.165, 1.54) is 6.07 Å². The van der Waals surface area contributed by atoms with E-state index in [9.17, 15) is 14.9 Å². The fourth-order valence-electron chi connectivity index (χ4n) is 2.87. The van der Waals surface area contributed by atoms with Crippen LogP contribution in [0, 0.1) is 23.0 Å². The number of hydrogen-bond donors (Lipinski definition) is 1. The summed E-state index contributed by atoms with van der Waals surface area (Å²) in [5.74, 6) is 0.172. The maximum Gasteiger partial charge on any atom is 0.273 e. The lowest BCUT2D eigenvalue weighted by atomic mass is 9.92. The molecule has 114 valence electrons. The van der Waals surface area contributed by atoms with Gasteiger partial charge in [-0.3, -0.25) is 14.9 Å². The van der Waals surface area contributed by atoms with Gasteiger partial charge >= 0.3 is 0 Å². The molecule has 1 aliphatic rings. The minimum absolute atomic E-state index is 0.0131. The lowest BCUT2D eigenvalue weighted by Gasteiger charge is -2.38. The number of likely N-dealkylation sites (tertiary alicyclic amines) is 1. The zero-order valence-corrected chi connectivity index (χ0v) is 12.4. The van der Waals surface area contributed by atoms with Crippen molar-refractivity contribution in [1.29, 1.82) is 0 Å². The van der Waals surface area contributed by atoms with Crippen LogP contribution in [0.25, 0.3) is 0 Å². The molecule has 1 aromatic rings. The molecular weight excluding hydrogens is 270 g/mol. The van der Waals surface area contributed by atoms with Crippen LogP contribution in [0.1, 0.15) is 35.7 Å². The molecule has 6 heteroatoms. The third kappa shape index (κ3) is 3.05. The molecule has 2 rings (SSSR count). The molecule has 1 saturated heterocycles. The molecule has 0 aliphatic carbocycles. The van der Waals surface area contributed by atoms with Crippen molar-refractivity contribution in [2.24, 2.45) is 11.7 Å². The predicted molar refractivity (Wildman–Crippen MR) is 80.1 cm³/mol. The molecule has 6 nitrogen and oxygen atoms in total. The van der Waals surface area contributed by atoms with Crippen LogP contribution in [0.5, 0.6) is 0 Å². The van der Waals surface area contributed by atoms with Gasteiger partial charge in [0.05, 0.1) is 4.92 Å². The topological polar surface area (TPSA) is 89.5 Å². The quantitative estimate of drug-likeness (QED) is 0.682. The van der Waals surface area contributed by atoms with E-state index in [4.69, 9.17) is 5.73 Å². The third-order valence-corrected chi connectivity index (χ3v) is 4.31. The summed E-state index contributed by atoms with van der Waals surface area (Å²) in [6.07, 6.45) is 1.94. The summed E-state index contributed by atoms with van der Waals surface area (Å²) in [5, 5.41) is 11.0. The van der Waals surface area contributed by atoms with Crippen molar-refractivity contribution in [3.05, 3.63) is 39.4 Å². The standard InChI is InChI=1S/C15H21N3O3/c1-10-6-7-12(8-16)9-17(10)15(19)13-4-3-5-14(11(13)2)18(20)21/h3-5,10,12H,6-9,16H2,1-2H3. The summed E-state index contributed by atoms with van der Waals surface area (Å²) in [6.45, 7) is 4.82. The number of amides is 1. The molecule has 0 bridgehead atoms. The van der Waals surface area contributed by atoms with Crippen molar-refractivity contribution in [3.8, 4) is 0 Å². The molecular formula is C15H21N3O3. The van der Waals surface area contributed by atoms with Gasteiger partial charge in [0.2, 0.25) is 0 Å². The molecule has 2 atom stereocenters. The fraction of sp³-hybridized carbons (Fsp3) is 0.533. The van der Waals surface area contributed by atoms with Crippen LogP contribution >= 0.6 is 0 Å². The Kier molecular flexibility index (Phi) is 4.57. The second kappa shape index (κ2) is 6.22. The first-order valence-corrected chi connectivity index (χ1v) is 7.20. The van der Waals surface area contributed by atoms with E-state index in [1.54, 1.807) is 24.0 Å². The monoisotopic (exact) mass is 291 g/mol. The number of benzene rings is 1. The van der Waals surface area contributed by atoms with Gasteiger partial charge in [0.25, 0.3) is 11.6 Å². The molecule has 1 amide bonds. The largest absolute Gasteiger partial charge is 0.336 e. The maximum absolute atomic E-state index is 12.7. The van der Waals surface area contributed by atoms with Crippen molar-refractivity contribution < 1.29 is 9.72 Å². The Hall–Kier alpha value is -1.95. The number of nitrogens with zero attached hydrogens (tertiary/aromatic N) is 2. The van der Waals surface area contributed by atoms with Crippen LogP contribution in [0.3, 0.4) is 0 Å². The first kappa shape index (κ1) is 15.4. The molecule has 1 aromatic carbocycles. The van der Waals surface area contributed by atoms with Crippen LogP contribution in [-0.2, 0) is 0 Å². The highest BCUT2D eigenvalue weighted by Crippen LogP contribution is 2.27. The number of hydrogen-bond acceptors (Lipinski definition) is 4. The summed E-state index contributed by atoms with van der Waals surface area (Å²) in [5.41, 5.74) is 6.54. The Labute approximate surface area is 124 Å². The van der Waals surface area contributed by atoms with Gasteiger partial charge in [0.1, 0.15) is 0 Å². The summed E-state index contributed by atoms with van der Waals surface area (Å²) in [4.78, 5) is 25.1. The highest BCUT2D eigenvalue weighted by molar-refractivity contribution is 5.96. The fourth-order valence-corrected chi connectivity index (χ4v) is 2.87. The Balaban J connectivity index is 2.31. The number of nitro benzene ring substituents is 1. The lowest BCUT2D eigenvalue weighted by molar-refractivity contribution is -0.385. The van der Waals surface area contributed by atoms with Crippen LogP contribution in [-0.4, -0.2) is 34.9 Å². The molecule has 0 saturated carbocycles. The number of carbonyl (C=O) groups is 1. The Morgan fingerprint density at radius 2 is 2.19 bits per heavy atom. The van der Waals surface area contributed by atoms with E-state index in [1.807, 2.05) is 6.92 Å². The predicted octanol–water partition coefficient (Wildman–Crippen LogP) is 2.10. The maximum atomic E-state index is 12.7. The summed E-state index contributed by atoms with van der Waals surface area (Å²) in [6, 6.07) is 4.78. The lowest BCUT2D eigenvalue weighted by Crippen LogP contribution is -2.47. The van der Waals surface area contributed by atoms with Gasteiger partial charge in [-0.25, -0.2) is 0 Å². The van der Waals surface area contributed by atoms with Crippen LogP contribution in [0.2, 0.25) is 0 Å². The zero-order valence-electron chi connectivity index (χ0n) is 12.4. The van der Waals surface area contributed by atoms with Crippen molar-refractivity contribution >= 4 is 11.6 Å². The van der Waals surface area contributed by atoms with Gasteiger partial charge < -0.3 is 10.6 Å². The molecule has 0 aromatic heterocycles. The van der Waals surface area contributed by atoms with Crippen molar-refractivity contribution in [1.82, 2.24) is 4.90 Å². The number of nitro groups is 1. The molecule has 2 unspecified atom stereocenters. The van der Waals surface area contributed by atoms with E-state index >= 15 is 0 Å². The summed E-state index contributed by atoms with van der Waals surface area (Å²) >= 11 is 0. The molecule has 2 N–H and O–H groups in total. The van der Waals surface area contributed by atoms with Gasteiger partial charge in [0.15, 0.2) is 0 Å². The smallest absolute Gasteiger partial charge is 0.273 e. The van der Waals surface area contributed by atoms with Crippen LogP contribution in [0.15, 0.2) is 18.2 Å². The van der Waals surface area contributed by atoms with E-state index in [0.717, 1.165) is 12.8 Å². The second-order valence-corrected chi connectivity index (χ2v) is 5.69. The Morgan fingerprint density at radius 3 is 2.81 bits per heavy atom. The van der Waals surface area contributed by atoms with E-state index < -0.39 is 4.92 Å². The average molecular weight is 291 g/mol. The van der Waals surface area contributed by atoms with Gasteiger partial charge in [0, 0.05) is 29.8 Å². The van der Waals surface area contributed by atoms with E-state index in [2.05, 4.69) is 0 Å². The van der Waals surface area contributed by atoms with Crippen molar-refractivity contribution in [2.45, 2.75) is 32.7 Å². The SMILES string of the molecule is Cc1c(C(=O)N2CC(CN)CCC2C)cccc1[N+](=O)[O-]. The Morgan fingerprint density at radius 1 is 1.48 bits per heavy atom. The van der Waals surface area contributed by atoms with Gasteiger partial charge in [-0.2, -0.15) is 0 Å². The van der Waals surface area contributed by atoms with Crippen molar-refractivity contribution in [2.75, 3.05) is 13.1 Å². The average Bonchev–Trinajstić information content (AvgIpc) is 2.47. The minimum atomic E-state index is -0.450. The highest BCUT2D eigenvalue weighted by Gasteiger charge is 2.30. The highest BCUT2D eigenvalue weighted by atomic mass is 16.6. The Bertz CT molecular complexity index is 559. The number of rotatable bonds is 3. The van der Waals surface area contributed by atoms with E-state index in [-0.39, 0.29) is 17.6 Å². The first-order valence-electron chi connectivity index (χ1n) is 7.20. The number of carbonyl (C=O) groups excluding carboxylic acids is 1. The molecule has 1 aliphatic heterocycles. The third-order valence-electron chi connectivity index (χ3n) is 4.31. The van der Waals surface area contributed by atoms with Gasteiger partial charge in [-0.1, -0.05) is 6.07 Å². The number of piperidine rings is 1. The molecule has 21 heavy (non-hydrogen) atoms. The zero-order chi connectivity index (χ0) is 15.6. The number of nitrogens with two attached hydrogens (primary N) is 1. The normalized spacial score (nSPS) is 22.1. The molecule has 1 fully saturated rings. The van der Waals surface area contributed by atoms with E-state index in [0.29, 0.717) is 30.1 Å². The van der Waals surface area contributed by atoms with Crippen LogP contribution in [0.4, 0.5) is 5.69 Å². The molecule has 0 radical (unpaired) electrons. The van der Waals surface area contributed by atoms with Gasteiger partial charge in [-0.15, -0.1) is 0 Å². The van der Waals surface area contributed by atoms with Gasteiger partial charge in [-0.05, 0) is 45.2 Å². The van der Waals surface area contributed by atoms with Crippen molar-refractivity contribution in [3.63, 3.8) is 0 Å². The molecule has 1 heterocycles. The minimum Gasteiger partial charge on any atom is -0.336 e. The summed E-state index contributed by atoms with van der Waals surface area (Å²) < 4.78 is 0. The first-order chi connectivity index (χ1) is 9.95. The van der Waals surface area contributed by atoms with Crippen LogP contribution < -0.4 is 5.73 Å². The second-order valence-electron chi connectivity index (χ2n) is 5.69. The molecule has 0 spiro atoms. The summed E-state index contributed by atoms with van der Waals surface area (Å²) in [7, 11) is 0.